The number of benzene rings is 1. The lowest BCUT2D eigenvalue weighted by atomic mass is 10.1. The van der Waals surface area contributed by atoms with Gasteiger partial charge >= 0.3 is 0 Å². The first-order valence-electron chi connectivity index (χ1n) is 3.83. The van der Waals surface area contributed by atoms with Crippen LogP contribution in [-0.2, 0) is 10.7 Å². The van der Waals surface area contributed by atoms with Gasteiger partial charge in [0.2, 0.25) is 0 Å². The van der Waals surface area contributed by atoms with Crippen LogP contribution < -0.4 is 15.5 Å². The second kappa shape index (κ2) is 3.92. The van der Waals surface area contributed by atoms with E-state index in [9.17, 15) is 14.4 Å². The average Bonchev–Trinajstić information content (AvgIpc) is 2.02. The molecule has 5 nitrogen and oxygen atoms in total. The van der Waals surface area contributed by atoms with E-state index in [-0.39, 0.29) is 5.84 Å². The molecule has 1 rings (SSSR count). The molecule has 0 aliphatic heterocycles. The maximum atomic E-state index is 10.4. The number of nitrogens with two attached hydrogens (primary N) is 1. The van der Waals surface area contributed by atoms with E-state index in [1.54, 1.807) is 0 Å². The lowest BCUT2D eigenvalue weighted by Gasteiger charge is -2.29. The van der Waals surface area contributed by atoms with Gasteiger partial charge in [-0.3, -0.25) is 5.41 Å². The van der Waals surface area contributed by atoms with Gasteiger partial charge in [0.15, 0.2) is 0 Å². The summed E-state index contributed by atoms with van der Waals surface area (Å²) in [6.45, 7) is 0. The quantitative estimate of drug-likeness (QED) is 0.395. The number of rotatable bonds is 3. The summed E-state index contributed by atoms with van der Waals surface area (Å²) in [6.07, 6.45) is -0.509. The van der Waals surface area contributed by atoms with Gasteiger partial charge < -0.3 is 20.1 Å². The molecule has 0 atom stereocenters. The van der Waals surface area contributed by atoms with Crippen molar-refractivity contribution in [1.29, 1.82) is 5.41 Å². The van der Waals surface area contributed by atoms with Gasteiger partial charge in [-0.1, -0.05) is 31.9 Å². The van der Waals surface area contributed by atoms with Gasteiger partial charge in [0, 0.05) is 11.7 Å². The van der Waals surface area contributed by atoms with Crippen LogP contribution in [0.3, 0.4) is 0 Å². The van der Waals surface area contributed by atoms with Crippen molar-refractivity contribution in [3.05, 3.63) is 35.4 Å². The fraction of sp³-hybridized carbons (Fsp3) is 0.125. The molecule has 0 saturated heterocycles. The minimum Gasteiger partial charge on any atom is -0.810 e. The van der Waals surface area contributed by atoms with Crippen molar-refractivity contribution in [2.45, 2.75) is 6.16 Å². The van der Waals surface area contributed by atoms with Crippen molar-refractivity contribution >= 4 is 13.4 Å². The fourth-order valence-electron chi connectivity index (χ4n) is 1.01. The van der Waals surface area contributed by atoms with Crippen LogP contribution in [0.5, 0.6) is 0 Å². The first-order chi connectivity index (χ1) is 6.38. The molecule has 0 unspecified atom stereocenters. The third kappa shape index (κ3) is 3.30. The highest BCUT2D eigenvalue weighted by Gasteiger charge is 1.98. The minimum atomic E-state index is -4.51. The van der Waals surface area contributed by atoms with Crippen LogP contribution in [0, 0.1) is 5.41 Å². The largest absolute Gasteiger partial charge is 0.810 e. The fourth-order valence-corrected chi connectivity index (χ4v) is 1.67. The number of nitrogens with one attached hydrogen (secondary N) is 1. The lowest BCUT2D eigenvalue weighted by Crippen LogP contribution is -2.15. The molecule has 0 spiro atoms. The molecular formula is C8H9N2O3P-2. The van der Waals surface area contributed by atoms with Gasteiger partial charge in [-0.15, -0.1) is 0 Å². The Morgan fingerprint density at radius 1 is 1.36 bits per heavy atom. The molecule has 76 valence electrons. The lowest BCUT2D eigenvalue weighted by molar-refractivity contribution is -0.314. The molecule has 0 radical (unpaired) electrons. The van der Waals surface area contributed by atoms with Gasteiger partial charge in [-0.25, -0.2) is 0 Å². The summed E-state index contributed by atoms with van der Waals surface area (Å²) < 4.78 is 10.4. The maximum absolute atomic E-state index is 10.4. The van der Waals surface area contributed by atoms with E-state index in [1.807, 2.05) is 0 Å². The van der Waals surface area contributed by atoms with Gasteiger partial charge in [0.25, 0.3) is 0 Å². The van der Waals surface area contributed by atoms with Crippen LogP contribution >= 0.6 is 7.60 Å². The summed E-state index contributed by atoms with van der Waals surface area (Å²) in [5.41, 5.74) is 6.10. The Bertz CT molecular complexity index is 382. The zero-order valence-corrected chi connectivity index (χ0v) is 8.16. The summed E-state index contributed by atoms with van der Waals surface area (Å²) in [7, 11) is -4.51. The molecule has 0 saturated carbocycles. The molecule has 0 amide bonds. The van der Waals surface area contributed by atoms with Crippen LogP contribution in [0.25, 0.3) is 0 Å². The normalized spacial score (nSPS) is 11.3. The topological polar surface area (TPSA) is 113 Å². The summed E-state index contributed by atoms with van der Waals surface area (Å²) >= 11 is 0. The first-order valence-corrected chi connectivity index (χ1v) is 5.56. The Balaban J connectivity index is 2.84. The summed E-state index contributed by atoms with van der Waals surface area (Å²) in [5, 5.41) is 7.09. The van der Waals surface area contributed by atoms with Crippen LogP contribution in [0.2, 0.25) is 0 Å². The third-order valence-corrected chi connectivity index (χ3v) is 2.39. The molecule has 1 aromatic carbocycles. The molecule has 3 N–H and O–H groups in total. The third-order valence-electron chi connectivity index (χ3n) is 1.64. The van der Waals surface area contributed by atoms with Crippen LogP contribution in [0.4, 0.5) is 0 Å². The smallest absolute Gasteiger partial charge is 0.122 e. The van der Waals surface area contributed by atoms with Crippen molar-refractivity contribution in [1.82, 2.24) is 0 Å². The van der Waals surface area contributed by atoms with Gasteiger partial charge in [-0.05, 0) is 5.56 Å². The van der Waals surface area contributed by atoms with E-state index in [1.165, 1.54) is 24.3 Å². The van der Waals surface area contributed by atoms with Crippen LogP contribution in [-0.4, -0.2) is 5.84 Å². The van der Waals surface area contributed by atoms with E-state index in [0.717, 1.165) is 0 Å². The predicted molar refractivity (Wildman–Crippen MR) is 48.8 cm³/mol. The molecule has 0 aliphatic carbocycles. The van der Waals surface area contributed by atoms with E-state index < -0.39 is 13.8 Å². The van der Waals surface area contributed by atoms with Crippen molar-refractivity contribution in [2.75, 3.05) is 0 Å². The van der Waals surface area contributed by atoms with E-state index in [4.69, 9.17) is 11.1 Å². The van der Waals surface area contributed by atoms with Gasteiger partial charge in [0.1, 0.15) is 5.84 Å². The molecular weight excluding hydrogens is 203 g/mol. The second-order valence-electron chi connectivity index (χ2n) is 2.88. The number of nitrogen functional groups attached to an aromatic ring is 1. The second-order valence-corrected chi connectivity index (χ2v) is 4.42. The van der Waals surface area contributed by atoms with E-state index >= 15 is 0 Å². The molecule has 0 aliphatic rings. The predicted octanol–water partition coefficient (Wildman–Crippen LogP) is -0.616. The Labute approximate surface area is 81.2 Å². The summed E-state index contributed by atoms with van der Waals surface area (Å²) in [6, 6.07) is 5.96. The highest BCUT2D eigenvalue weighted by atomic mass is 31.2. The van der Waals surface area contributed by atoms with Crippen molar-refractivity contribution in [2.24, 2.45) is 5.73 Å². The van der Waals surface area contributed by atoms with E-state index in [0.29, 0.717) is 11.1 Å². The van der Waals surface area contributed by atoms with Crippen molar-refractivity contribution in [3.63, 3.8) is 0 Å². The Hall–Kier alpha value is -1.16. The molecule has 0 fully saturated rings. The summed E-state index contributed by atoms with van der Waals surface area (Å²) in [5.74, 6) is -0.0935. The summed E-state index contributed by atoms with van der Waals surface area (Å²) in [4.78, 5) is 20.8. The standard InChI is InChI=1S/C8H11N2O3P/c9-8(10)7-3-1-6(2-4-7)5-14(11,12)13/h1-4H,5H2,(H3,9,10)(H2,11,12,13)/p-2. The van der Waals surface area contributed by atoms with Crippen LogP contribution in [0.15, 0.2) is 24.3 Å². The number of amidine groups is 1. The van der Waals surface area contributed by atoms with Gasteiger partial charge in [-0.2, -0.15) is 0 Å². The zero-order valence-electron chi connectivity index (χ0n) is 7.27. The maximum Gasteiger partial charge on any atom is 0.122 e. The Morgan fingerprint density at radius 3 is 2.21 bits per heavy atom. The monoisotopic (exact) mass is 212 g/mol. The van der Waals surface area contributed by atoms with Crippen molar-refractivity contribution in [3.8, 4) is 0 Å². The average molecular weight is 212 g/mol. The molecule has 0 bridgehead atoms. The van der Waals surface area contributed by atoms with E-state index in [2.05, 4.69) is 0 Å². The highest BCUT2D eigenvalue weighted by Crippen LogP contribution is 2.29. The Kier molecular flexibility index (Phi) is 3.06. The molecule has 6 heteroatoms. The van der Waals surface area contributed by atoms with Gasteiger partial charge in [0.05, 0.1) is 0 Å². The molecule has 14 heavy (non-hydrogen) atoms. The minimum absolute atomic E-state index is 0.0935. The zero-order chi connectivity index (χ0) is 10.8. The molecule has 0 aromatic heterocycles. The molecule has 1 aromatic rings. The SMILES string of the molecule is N=C(N)c1ccc(CP(=O)([O-])[O-])cc1. The first kappa shape index (κ1) is 10.9. The molecule has 0 heterocycles. The van der Waals surface area contributed by atoms with Crippen LogP contribution in [0.1, 0.15) is 11.1 Å². The number of hydrogen-bond donors (Lipinski definition) is 2. The highest BCUT2D eigenvalue weighted by molar-refractivity contribution is 7.47. The Morgan fingerprint density at radius 2 is 1.86 bits per heavy atom. The van der Waals surface area contributed by atoms with Crippen molar-refractivity contribution < 1.29 is 14.4 Å². The number of hydrogen-bond acceptors (Lipinski definition) is 4.